The van der Waals surface area contributed by atoms with Crippen LogP contribution < -0.4 is 10.5 Å². The highest BCUT2D eigenvalue weighted by molar-refractivity contribution is 14.1. The standard InChI is InChI=1S/C15H13FINO/c16-12-7-15(14(18)8-13(12)17)19-11-5-4-9-2-1-3-10(9)6-11/h4-8H,1-3,18H2. The maximum Gasteiger partial charge on any atom is 0.153 e. The molecule has 3 rings (SSSR count). The molecule has 2 N–H and O–H groups in total. The molecule has 0 radical (unpaired) electrons. The Kier molecular flexibility index (Phi) is 3.35. The van der Waals surface area contributed by atoms with Gasteiger partial charge >= 0.3 is 0 Å². The highest BCUT2D eigenvalue weighted by Crippen LogP contribution is 2.33. The van der Waals surface area contributed by atoms with Crippen LogP contribution in [-0.2, 0) is 12.8 Å². The number of fused-ring (bicyclic) bond motifs is 1. The van der Waals surface area contributed by atoms with Gasteiger partial charge in [0.2, 0.25) is 0 Å². The fourth-order valence-electron chi connectivity index (χ4n) is 2.37. The van der Waals surface area contributed by atoms with E-state index in [1.807, 2.05) is 34.7 Å². The minimum absolute atomic E-state index is 0.314. The number of nitrogens with two attached hydrogens (primary N) is 1. The van der Waals surface area contributed by atoms with E-state index < -0.39 is 0 Å². The number of anilines is 1. The van der Waals surface area contributed by atoms with Gasteiger partial charge in [0, 0.05) is 6.07 Å². The van der Waals surface area contributed by atoms with Gasteiger partial charge in [0.25, 0.3) is 0 Å². The first-order valence-electron chi connectivity index (χ1n) is 6.17. The maximum absolute atomic E-state index is 13.5. The van der Waals surface area contributed by atoms with Crippen LogP contribution in [0.2, 0.25) is 0 Å². The summed E-state index contributed by atoms with van der Waals surface area (Å²) in [7, 11) is 0. The Bertz CT molecular complexity index is 642. The molecule has 0 aliphatic heterocycles. The average molecular weight is 369 g/mol. The van der Waals surface area contributed by atoms with Crippen LogP contribution >= 0.6 is 22.6 Å². The Hall–Kier alpha value is -1.30. The third-order valence-corrected chi connectivity index (χ3v) is 4.18. The lowest BCUT2D eigenvalue weighted by Gasteiger charge is -2.10. The second-order valence-corrected chi connectivity index (χ2v) is 5.85. The molecule has 4 heteroatoms. The Labute approximate surface area is 124 Å². The van der Waals surface area contributed by atoms with Crippen molar-refractivity contribution in [2.24, 2.45) is 0 Å². The number of rotatable bonds is 2. The van der Waals surface area contributed by atoms with Gasteiger partial charge in [-0.3, -0.25) is 0 Å². The molecule has 0 saturated carbocycles. The molecular weight excluding hydrogens is 356 g/mol. The van der Waals surface area contributed by atoms with E-state index in [1.165, 1.54) is 23.6 Å². The van der Waals surface area contributed by atoms with E-state index in [0.717, 1.165) is 12.8 Å². The summed E-state index contributed by atoms with van der Waals surface area (Å²) in [6.45, 7) is 0. The summed E-state index contributed by atoms with van der Waals surface area (Å²) in [6.07, 6.45) is 3.41. The highest BCUT2D eigenvalue weighted by Gasteiger charge is 2.13. The van der Waals surface area contributed by atoms with Crippen LogP contribution in [0, 0.1) is 9.39 Å². The normalized spacial score (nSPS) is 13.4. The van der Waals surface area contributed by atoms with Crippen LogP contribution in [0.5, 0.6) is 11.5 Å². The number of hydrogen-bond acceptors (Lipinski definition) is 2. The van der Waals surface area contributed by atoms with E-state index in [2.05, 4.69) is 6.07 Å². The monoisotopic (exact) mass is 369 g/mol. The van der Waals surface area contributed by atoms with Gasteiger partial charge in [-0.2, -0.15) is 0 Å². The summed E-state index contributed by atoms with van der Waals surface area (Å²) < 4.78 is 19.7. The summed E-state index contributed by atoms with van der Waals surface area (Å²) in [5.41, 5.74) is 9.01. The molecule has 0 atom stereocenters. The molecule has 1 aliphatic rings. The molecule has 19 heavy (non-hydrogen) atoms. The minimum Gasteiger partial charge on any atom is -0.455 e. The molecule has 0 unspecified atom stereocenters. The van der Waals surface area contributed by atoms with Crippen LogP contribution in [0.25, 0.3) is 0 Å². The zero-order valence-corrected chi connectivity index (χ0v) is 12.4. The molecule has 98 valence electrons. The van der Waals surface area contributed by atoms with Crippen molar-refractivity contribution >= 4 is 28.3 Å². The fourth-order valence-corrected chi connectivity index (χ4v) is 2.86. The summed E-state index contributed by atoms with van der Waals surface area (Å²) in [6, 6.07) is 8.94. The van der Waals surface area contributed by atoms with E-state index in [9.17, 15) is 4.39 Å². The van der Waals surface area contributed by atoms with Gasteiger partial charge in [0.05, 0.1) is 9.26 Å². The van der Waals surface area contributed by atoms with Crippen molar-refractivity contribution in [2.75, 3.05) is 5.73 Å². The maximum atomic E-state index is 13.5. The highest BCUT2D eigenvalue weighted by atomic mass is 127. The second kappa shape index (κ2) is 5.00. The van der Waals surface area contributed by atoms with Gasteiger partial charge in [0.1, 0.15) is 11.6 Å². The molecular formula is C15H13FINO. The minimum atomic E-state index is -0.314. The van der Waals surface area contributed by atoms with E-state index in [0.29, 0.717) is 20.8 Å². The predicted octanol–water partition coefficient (Wildman–Crippen LogP) is 4.29. The zero-order valence-electron chi connectivity index (χ0n) is 10.2. The number of nitrogen functional groups attached to an aromatic ring is 1. The van der Waals surface area contributed by atoms with E-state index in [4.69, 9.17) is 10.5 Å². The number of benzene rings is 2. The first-order chi connectivity index (χ1) is 9.13. The quantitative estimate of drug-likeness (QED) is 0.633. The van der Waals surface area contributed by atoms with E-state index in [-0.39, 0.29) is 5.82 Å². The lowest BCUT2D eigenvalue weighted by atomic mass is 10.1. The first kappa shape index (κ1) is 12.7. The first-order valence-corrected chi connectivity index (χ1v) is 7.25. The van der Waals surface area contributed by atoms with Crippen molar-refractivity contribution in [1.29, 1.82) is 0 Å². The van der Waals surface area contributed by atoms with Crippen LogP contribution in [0.1, 0.15) is 17.5 Å². The Morgan fingerprint density at radius 1 is 1.11 bits per heavy atom. The van der Waals surface area contributed by atoms with Gasteiger partial charge in [-0.25, -0.2) is 4.39 Å². The number of halogens is 2. The lowest BCUT2D eigenvalue weighted by Crippen LogP contribution is -1.95. The third-order valence-electron chi connectivity index (χ3n) is 3.35. The number of ether oxygens (including phenoxy) is 1. The molecule has 0 spiro atoms. The van der Waals surface area contributed by atoms with Crippen LogP contribution in [0.3, 0.4) is 0 Å². The van der Waals surface area contributed by atoms with Crippen molar-refractivity contribution in [2.45, 2.75) is 19.3 Å². The summed E-state index contributed by atoms with van der Waals surface area (Å²) in [5, 5.41) is 0. The Balaban J connectivity index is 1.91. The molecule has 0 fully saturated rings. The van der Waals surface area contributed by atoms with Crippen LogP contribution in [0.15, 0.2) is 30.3 Å². The average Bonchev–Trinajstić information content (AvgIpc) is 2.83. The summed E-state index contributed by atoms with van der Waals surface area (Å²) >= 11 is 1.91. The van der Waals surface area contributed by atoms with Gasteiger partial charge in [-0.15, -0.1) is 0 Å². The number of hydrogen-bond donors (Lipinski definition) is 1. The molecule has 2 aromatic carbocycles. The predicted molar refractivity (Wildman–Crippen MR) is 82.1 cm³/mol. The van der Waals surface area contributed by atoms with Gasteiger partial charge in [-0.05, 0) is 71.2 Å². The van der Waals surface area contributed by atoms with Gasteiger partial charge in [-0.1, -0.05) is 6.07 Å². The summed E-state index contributed by atoms with van der Waals surface area (Å²) in [5.74, 6) is 0.773. The van der Waals surface area contributed by atoms with E-state index >= 15 is 0 Å². The van der Waals surface area contributed by atoms with Crippen molar-refractivity contribution in [3.05, 3.63) is 50.8 Å². The van der Waals surface area contributed by atoms with Crippen molar-refractivity contribution in [3.8, 4) is 11.5 Å². The SMILES string of the molecule is Nc1cc(I)c(F)cc1Oc1ccc2c(c1)CCC2. The van der Waals surface area contributed by atoms with Gasteiger partial charge in [0.15, 0.2) is 5.75 Å². The molecule has 0 saturated heterocycles. The molecule has 0 aromatic heterocycles. The van der Waals surface area contributed by atoms with Crippen molar-refractivity contribution < 1.29 is 9.13 Å². The van der Waals surface area contributed by atoms with Crippen molar-refractivity contribution in [3.63, 3.8) is 0 Å². The fraction of sp³-hybridized carbons (Fsp3) is 0.200. The molecule has 0 amide bonds. The molecule has 0 bridgehead atoms. The number of aryl methyl sites for hydroxylation is 2. The van der Waals surface area contributed by atoms with E-state index in [1.54, 1.807) is 6.07 Å². The second-order valence-electron chi connectivity index (χ2n) is 4.69. The third kappa shape index (κ3) is 2.54. The smallest absolute Gasteiger partial charge is 0.153 e. The largest absolute Gasteiger partial charge is 0.455 e. The van der Waals surface area contributed by atoms with Crippen LogP contribution in [-0.4, -0.2) is 0 Å². The Morgan fingerprint density at radius 3 is 2.74 bits per heavy atom. The van der Waals surface area contributed by atoms with Crippen LogP contribution in [0.4, 0.5) is 10.1 Å². The lowest BCUT2D eigenvalue weighted by molar-refractivity contribution is 0.478. The molecule has 0 heterocycles. The summed E-state index contributed by atoms with van der Waals surface area (Å²) in [4.78, 5) is 0. The molecule has 1 aliphatic carbocycles. The van der Waals surface area contributed by atoms with Gasteiger partial charge < -0.3 is 10.5 Å². The zero-order chi connectivity index (χ0) is 13.4. The van der Waals surface area contributed by atoms with Crippen molar-refractivity contribution in [1.82, 2.24) is 0 Å². The molecule has 2 nitrogen and oxygen atoms in total. The molecule has 2 aromatic rings. The Morgan fingerprint density at radius 2 is 1.89 bits per heavy atom. The topological polar surface area (TPSA) is 35.2 Å².